The molecule has 0 bridgehead atoms. The van der Waals surface area contributed by atoms with Crippen LogP contribution in [0, 0.1) is 5.92 Å². The molecule has 1 aliphatic carbocycles. The molecule has 21 heavy (non-hydrogen) atoms. The monoisotopic (exact) mass is 292 g/mol. The number of urea groups is 1. The van der Waals surface area contributed by atoms with Gasteiger partial charge >= 0.3 is 6.03 Å². The van der Waals surface area contributed by atoms with Crippen molar-refractivity contribution in [3.05, 3.63) is 24.3 Å². The van der Waals surface area contributed by atoms with E-state index in [0.717, 1.165) is 0 Å². The van der Waals surface area contributed by atoms with Gasteiger partial charge < -0.3 is 20.1 Å². The Balaban J connectivity index is 1.73. The van der Waals surface area contributed by atoms with Crippen LogP contribution in [0.2, 0.25) is 0 Å². The van der Waals surface area contributed by atoms with Crippen LogP contribution in [0.3, 0.4) is 0 Å². The summed E-state index contributed by atoms with van der Waals surface area (Å²) >= 11 is 0. The molecule has 2 N–H and O–H groups in total. The average Bonchev–Trinajstić information content (AvgIpc) is 3.30. The highest BCUT2D eigenvalue weighted by atomic mass is 16.5. The molecule has 0 aromatic heterocycles. The predicted molar refractivity (Wildman–Crippen MR) is 81.8 cm³/mol. The Morgan fingerprint density at radius 1 is 1.29 bits per heavy atom. The molecule has 0 radical (unpaired) electrons. The summed E-state index contributed by atoms with van der Waals surface area (Å²) in [5.41, 5.74) is 0. The standard InChI is InChI=1S/C16H24N2O3/c1-11(21-15-7-5-4-6-14(15)20-3)10-17-16(19)18-12(2)13-8-9-13/h4-7,11-13H,8-10H2,1-3H3,(H2,17,18,19)/t11-,12-/m1/s1. The highest BCUT2D eigenvalue weighted by molar-refractivity contribution is 5.74. The van der Waals surface area contributed by atoms with Crippen molar-refractivity contribution in [2.24, 2.45) is 5.92 Å². The van der Waals surface area contributed by atoms with E-state index < -0.39 is 0 Å². The average molecular weight is 292 g/mol. The fourth-order valence-electron chi connectivity index (χ4n) is 2.18. The third kappa shape index (κ3) is 4.85. The summed E-state index contributed by atoms with van der Waals surface area (Å²) in [5.74, 6) is 2.02. The van der Waals surface area contributed by atoms with Gasteiger partial charge in [0.1, 0.15) is 6.10 Å². The Morgan fingerprint density at radius 2 is 1.95 bits per heavy atom. The normalized spacial score (nSPS) is 16.7. The Hall–Kier alpha value is -1.91. The Morgan fingerprint density at radius 3 is 2.57 bits per heavy atom. The summed E-state index contributed by atoms with van der Waals surface area (Å²) in [4.78, 5) is 11.8. The Labute approximate surface area is 126 Å². The van der Waals surface area contributed by atoms with Gasteiger partial charge in [0.25, 0.3) is 0 Å². The number of hydrogen-bond acceptors (Lipinski definition) is 3. The van der Waals surface area contributed by atoms with Gasteiger partial charge in [-0.2, -0.15) is 0 Å². The van der Waals surface area contributed by atoms with Crippen molar-refractivity contribution in [2.45, 2.75) is 38.8 Å². The number of ether oxygens (including phenoxy) is 2. The van der Waals surface area contributed by atoms with Gasteiger partial charge in [-0.15, -0.1) is 0 Å². The van der Waals surface area contributed by atoms with Crippen LogP contribution in [0.1, 0.15) is 26.7 Å². The van der Waals surface area contributed by atoms with Crippen LogP contribution >= 0.6 is 0 Å². The van der Waals surface area contributed by atoms with Crippen LogP contribution in [0.5, 0.6) is 11.5 Å². The second kappa shape index (κ2) is 7.20. The van der Waals surface area contributed by atoms with Crippen molar-refractivity contribution in [3.63, 3.8) is 0 Å². The molecule has 5 heteroatoms. The Kier molecular flexibility index (Phi) is 5.31. The fourth-order valence-corrected chi connectivity index (χ4v) is 2.18. The smallest absolute Gasteiger partial charge is 0.315 e. The molecule has 0 saturated heterocycles. The molecule has 0 aliphatic heterocycles. The van der Waals surface area contributed by atoms with Gasteiger partial charge in [0, 0.05) is 6.04 Å². The molecule has 116 valence electrons. The van der Waals surface area contributed by atoms with E-state index in [1.54, 1.807) is 7.11 Å². The summed E-state index contributed by atoms with van der Waals surface area (Å²) in [6.07, 6.45) is 2.30. The molecular weight excluding hydrogens is 268 g/mol. The van der Waals surface area contributed by atoms with Gasteiger partial charge in [-0.3, -0.25) is 0 Å². The van der Waals surface area contributed by atoms with E-state index >= 15 is 0 Å². The first-order valence-corrected chi connectivity index (χ1v) is 7.44. The topological polar surface area (TPSA) is 59.6 Å². The van der Waals surface area contributed by atoms with E-state index in [1.807, 2.05) is 38.1 Å². The van der Waals surface area contributed by atoms with E-state index in [1.165, 1.54) is 12.8 Å². The SMILES string of the molecule is COc1ccccc1O[C@H](C)CNC(=O)N[C@H](C)C1CC1. The zero-order valence-electron chi connectivity index (χ0n) is 12.9. The minimum absolute atomic E-state index is 0.134. The number of methoxy groups -OCH3 is 1. The van der Waals surface area contributed by atoms with Gasteiger partial charge in [0.2, 0.25) is 0 Å². The third-order valence-corrected chi connectivity index (χ3v) is 3.64. The molecule has 2 atom stereocenters. The molecule has 0 spiro atoms. The molecule has 1 fully saturated rings. The first-order valence-electron chi connectivity index (χ1n) is 7.44. The zero-order chi connectivity index (χ0) is 15.2. The van der Waals surface area contributed by atoms with Gasteiger partial charge in [-0.1, -0.05) is 12.1 Å². The van der Waals surface area contributed by atoms with Crippen molar-refractivity contribution < 1.29 is 14.3 Å². The maximum absolute atomic E-state index is 11.8. The van der Waals surface area contributed by atoms with Gasteiger partial charge in [-0.25, -0.2) is 4.79 Å². The number of rotatable bonds is 7. The Bertz CT molecular complexity index is 474. The van der Waals surface area contributed by atoms with Crippen LogP contribution < -0.4 is 20.1 Å². The summed E-state index contributed by atoms with van der Waals surface area (Å²) in [6.45, 7) is 4.41. The van der Waals surface area contributed by atoms with Crippen LogP contribution in [-0.2, 0) is 0 Å². The largest absolute Gasteiger partial charge is 0.493 e. The van der Waals surface area contributed by atoms with Crippen LogP contribution in [0.4, 0.5) is 4.79 Å². The summed E-state index contributed by atoms with van der Waals surface area (Å²) in [7, 11) is 1.61. The fraction of sp³-hybridized carbons (Fsp3) is 0.562. The second-order valence-electron chi connectivity index (χ2n) is 5.56. The molecule has 0 heterocycles. The van der Waals surface area contributed by atoms with Crippen molar-refractivity contribution >= 4 is 6.03 Å². The van der Waals surface area contributed by atoms with E-state index in [2.05, 4.69) is 10.6 Å². The van der Waals surface area contributed by atoms with Gasteiger partial charge in [0.05, 0.1) is 13.7 Å². The maximum atomic E-state index is 11.8. The minimum atomic E-state index is -0.136. The first-order chi connectivity index (χ1) is 10.1. The van der Waals surface area contributed by atoms with Crippen molar-refractivity contribution in [1.29, 1.82) is 0 Å². The molecular formula is C16H24N2O3. The lowest BCUT2D eigenvalue weighted by atomic mass is 10.2. The van der Waals surface area contributed by atoms with E-state index in [4.69, 9.17) is 9.47 Å². The molecule has 2 rings (SSSR count). The second-order valence-corrected chi connectivity index (χ2v) is 5.56. The molecule has 1 aromatic carbocycles. The molecule has 1 aromatic rings. The lowest BCUT2D eigenvalue weighted by Crippen LogP contribution is -2.44. The van der Waals surface area contributed by atoms with Gasteiger partial charge in [-0.05, 0) is 44.7 Å². The number of amides is 2. The number of carbonyl (C=O) groups is 1. The van der Waals surface area contributed by atoms with Crippen molar-refractivity contribution in [2.75, 3.05) is 13.7 Å². The predicted octanol–water partition coefficient (Wildman–Crippen LogP) is 2.56. The molecule has 1 saturated carbocycles. The molecule has 0 unspecified atom stereocenters. The molecule has 2 amide bonds. The van der Waals surface area contributed by atoms with E-state index in [9.17, 15) is 4.79 Å². The van der Waals surface area contributed by atoms with Crippen LogP contribution in [0.25, 0.3) is 0 Å². The maximum Gasteiger partial charge on any atom is 0.315 e. The van der Waals surface area contributed by atoms with E-state index in [0.29, 0.717) is 24.0 Å². The van der Waals surface area contributed by atoms with E-state index in [-0.39, 0.29) is 18.2 Å². The number of carbonyl (C=O) groups excluding carboxylic acids is 1. The number of para-hydroxylation sites is 2. The lowest BCUT2D eigenvalue weighted by molar-refractivity contribution is 0.200. The number of nitrogens with one attached hydrogen (secondary N) is 2. The first kappa shape index (κ1) is 15.5. The molecule has 5 nitrogen and oxygen atoms in total. The van der Waals surface area contributed by atoms with Crippen molar-refractivity contribution in [3.8, 4) is 11.5 Å². The highest BCUT2D eigenvalue weighted by Crippen LogP contribution is 2.32. The molecule has 1 aliphatic rings. The lowest BCUT2D eigenvalue weighted by Gasteiger charge is -2.18. The quantitative estimate of drug-likeness (QED) is 0.812. The summed E-state index contributed by atoms with van der Waals surface area (Å²) < 4.78 is 11.0. The third-order valence-electron chi connectivity index (χ3n) is 3.64. The minimum Gasteiger partial charge on any atom is -0.493 e. The number of hydrogen-bond donors (Lipinski definition) is 2. The van der Waals surface area contributed by atoms with Gasteiger partial charge in [0.15, 0.2) is 11.5 Å². The van der Waals surface area contributed by atoms with Crippen LogP contribution in [0.15, 0.2) is 24.3 Å². The summed E-state index contributed by atoms with van der Waals surface area (Å²) in [6, 6.07) is 7.59. The summed E-state index contributed by atoms with van der Waals surface area (Å²) in [5, 5.41) is 5.79. The van der Waals surface area contributed by atoms with Crippen LogP contribution in [-0.4, -0.2) is 31.8 Å². The highest BCUT2D eigenvalue weighted by Gasteiger charge is 2.28. The zero-order valence-corrected chi connectivity index (χ0v) is 12.9. The number of benzene rings is 1. The van der Waals surface area contributed by atoms with Crippen molar-refractivity contribution in [1.82, 2.24) is 10.6 Å².